The number of thiophene rings is 1. The minimum atomic E-state index is -0.312. The highest BCUT2D eigenvalue weighted by molar-refractivity contribution is 7.14. The Kier molecular flexibility index (Phi) is 3.44. The minimum absolute atomic E-state index is 0.108. The van der Waals surface area contributed by atoms with Gasteiger partial charge in [-0.05, 0) is 37.6 Å². The first kappa shape index (κ1) is 13.1. The van der Waals surface area contributed by atoms with E-state index in [1.165, 1.54) is 11.3 Å². The van der Waals surface area contributed by atoms with E-state index in [1.807, 2.05) is 19.1 Å². The number of carbonyl (C=O) groups is 2. The number of esters is 1. The molecule has 20 heavy (non-hydrogen) atoms. The molecule has 0 saturated heterocycles. The van der Waals surface area contributed by atoms with Gasteiger partial charge in [0.1, 0.15) is 5.76 Å². The lowest BCUT2D eigenvalue weighted by Gasteiger charge is -2.02. The van der Waals surface area contributed by atoms with Gasteiger partial charge < -0.3 is 9.15 Å². The third-order valence-electron chi connectivity index (χ3n) is 3.36. The molecular formula is C15H14O4S. The summed E-state index contributed by atoms with van der Waals surface area (Å²) in [5.74, 6) is 0.294. The van der Waals surface area contributed by atoms with E-state index in [-0.39, 0.29) is 30.2 Å². The second-order valence-corrected chi connectivity index (χ2v) is 6.19. The normalized spacial score (nSPS) is 20.6. The van der Waals surface area contributed by atoms with E-state index >= 15 is 0 Å². The molecule has 1 aliphatic carbocycles. The molecule has 3 rings (SSSR count). The number of aryl methyl sites for hydroxylation is 1. The maximum atomic E-state index is 11.8. The summed E-state index contributed by atoms with van der Waals surface area (Å²) in [5, 5.41) is 0. The average molecular weight is 290 g/mol. The molecule has 0 N–H and O–H groups in total. The van der Waals surface area contributed by atoms with Crippen LogP contribution in [0, 0.1) is 12.8 Å². The zero-order valence-corrected chi connectivity index (χ0v) is 11.8. The van der Waals surface area contributed by atoms with E-state index in [4.69, 9.17) is 9.15 Å². The Morgan fingerprint density at radius 2 is 2.25 bits per heavy atom. The molecule has 0 unspecified atom stereocenters. The molecule has 0 radical (unpaired) electrons. The summed E-state index contributed by atoms with van der Waals surface area (Å²) in [4.78, 5) is 25.4. The van der Waals surface area contributed by atoms with Crippen molar-refractivity contribution in [1.82, 2.24) is 0 Å². The lowest BCUT2D eigenvalue weighted by Crippen LogP contribution is -2.15. The van der Waals surface area contributed by atoms with Crippen LogP contribution in [0.3, 0.4) is 0 Å². The van der Waals surface area contributed by atoms with Crippen LogP contribution in [-0.4, -0.2) is 18.4 Å². The van der Waals surface area contributed by atoms with E-state index in [9.17, 15) is 9.59 Å². The van der Waals surface area contributed by atoms with Crippen LogP contribution in [-0.2, 0) is 9.53 Å². The van der Waals surface area contributed by atoms with Gasteiger partial charge >= 0.3 is 5.97 Å². The van der Waals surface area contributed by atoms with Crippen LogP contribution >= 0.6 is 11.3 Å². The molecule has 0 aliphatic heterocycles. The van der Waals surface area contributed by atoms with E-state index in [0.29, 0.717) is 4.88 Å². The molecule has 104 valence electrons. The van der Waals surface area contributed by atoms with E-state index in [2.05, 4.69) is 0 Å². The maximum Gasteiger partial charge on any atom is 0.310 e. The Hall–Kier alpha value is -1.88. The second kappa shape index (κ2) is 5.25. The lowest BCUT2D eigenvalue weighted by molar-refractivity contribution is -0.144. The van der Waals surface area contributed by atoms with Crippen molar-refractivity contribution in [3.63, 3.8) is 0 Å². The summed E-state index contributed by atoms with van der Waals surface area (Å²) in [7, 11) is 0. The highest BCUT2D eigenvalue weighted by Gasteiger charge is 2.47. The molecule has 2 heterocycles. The van der Waals surface area contributed by atoms with Gasteiger partial charge in [-0.25, -0.2) is 0 Å². The summed E-state index contributed by atoms with van der Waals surface area (Å²) >= 11 is 1.41. The van der Waals surface area contributed by atoms with Crippen LogP contribution in [0.4, 0.5) is 0 Å². The van der Waals surface area contributed by atoms with Crippen LogP contribution in [0.2, 0.25) is 0 Å². The van der Waals surface area contributed by atoms with Gasteiger partial charge in [0.05, 0.1) is 17.1 Å². The molecule has 1 fully saturated rings. The largest absolute Gasteiger partial charge is 0.469 e. The molecule has 0 amide bonds. The van der Waals surface area contributed by atoms with Crippen LogP contribution in [0.5, 0.6) is 0 Å². The summed E-state index contributed by atoms with van der Waals surface area (Å²) in [5.41, 5.74) is 0. The standard InChI is InChI=1S/C15H14O4S/c1-9-4-5-14(20-9)12(16)8-19-15(17)11-7-10(11)13-3-2-6-18-13/h2-6,10-11H,7-8H2,1H3/t10-,11+/m0/s1. The number of ketones is 1. The smallest absolute Gasteiger partial charge is 0.310 e. The third kappa shape index (κ3) is 2.67. The molecule has 0 aromatic carbocycles. The molecule has 0 bridgehead atoms. The Morgan fingerprint density at radius 1 is 1.40 bits per heavy atom. The van der Waals surface area contributed by atoms with Crippen molar-refractivity contribution in [3.8, 4) is 0 Å². The Morgan fingerprint density at radius 3 is 2.90 bits per heavy atom. The monoisotopic (exact) mass is 290 g/mol. The van der Waals surface area contributed by atoms with Crippen molar-refractivity contribution in [3.05, 3.63) is 46.0 Å². The summed E-state index contributed by atoms with van der Waals surface area (Å²) < 4.78 is 10.4. The maximum absolute atomic E-state index is 11.8. The fraction of sp³-hybridized carbons (Fsp3) is 0.333. The first-order valence-corrected chi connectivity index (χ1v) is 7.26. The number of Topliss-reactive ketones (excluding diaryl/α,β-unsaturated/α-hetero) is 1. The molecule has 1 saturated carbocycles. The van der Waals surface area contributed by atoms with Crippen molar-refractivity contribution >= 4 is 23.1 Å². The minimum Gasteiger partial charge on any atom is -0.469 e. The number of rotatable bonds is 5. The number of furan rings is 1. The first-order valence-electron chi connectivity index (χ1n) is 6.45. The molecule has 5 heteroatoms. The second-order valence-electron chi connectivity index (χ2n) is 4.91. The van der Waals surface area contributed by atoms with Gasteiger partial charge in [0.25, 0.3) is 0 Å². The summed E-state index contributed by atoms with van der Waals surface area (Å²) in [6.07, 6.45) is 2.33. The highest BCUT2D eigenvalue weighted by Crippen LogP contribution is 2.48. The van der Waals surface area contributed by atoms with Crippen molar-refractivity contribution in [2.45, 2.75) is 19.3 Å². The number of carbonyl (C=O) groups excluding carboxylic acids is 2. The number of hydrogen-bond donors (Lipinski definition) is 0. The lowest BCUT2D eigenvalue weighted by atomic mass is 10.2. The van der Waals surface area contributed by atoms with Gasteiger partial charge in [0, 0.05) is 10.8 Å². The van der Waals surface area contributed by atoms with Crippen molar-refractivity contribution in [2.75, 3.05) is 6.61 Å². The van der Waals surface area contributed by atoms with Gasteiger partial charge in [0.15, 0.2) is 6.61 Å². The van der Waals surface area contributed by atoms with Gasteiger partial charge in [-0.15, -0.1) is 11.3 Å². The third-order valence-corrected chi connectivity index (χ3v) is 4.40. The SMILES string of the molecule is Cc1ccc(C(=O)COC(=O)[C@@H]2C[C@@H]2c2ccco2)s1. The fourth-order valence-corrected chi connectivity index (χ4v) is 2.96. The predicted octanol–water partition coefficient (Wildman–Crippen LogP) is 3.18. The number of ether oxygens (including phenoxy) is 1. The molecule has 2 aromatic heterocycles. The van der Waals surface area contributed by atoms with Gasteiger partial charge in [-0.3, -0.25) is 9.59 Å². The molecule has 2 aromatic rings. The van der Waals surface area contributed by atoms with Crippen LogP contribution in [0.15, 0.2) is 34.9 Å². The van der Waals surface area contributed by atoms with Gasteiger partial charge in [0.2, 0.25) is 5.78 Å². The van der Waals surface area contributed by atoms with Gasteiger partial charge in [-0.1, -0.05) is 0 Å². The van der Waals surface area contributed by atoms with Crippen LogP contribution in [0.25, 0.3) is 0 Å². The molecule has 0 spiro atoms. The van der Waals surface area contributed by atoms with E-state index in [0.717, 1.165) is 17.1 Å². The van der Waals surface area contributed by atoms with E-state index < -0.39 is 0 Å². The summed E-state index contributed by atoms with van der Waals surface area (Å²) in [6.45, 7) is 1.76. The van der Waals surface area contributed by atoms with Crippen LogP contribution in [0.1, 0.15) is 32.6 Å². The zero-order valence-electron chi connectivity index (χ0n) is 11.0. The molecule has 2 atom stereocenters. The quantitative estimate of drug-likeness (QED) is 0.627. The Balaban J connectivity index is 1.50. The topological polar surface area (TPSA) is 56.5 Å². The molecular weight excluding hydrogens is 276 g/mol. The Bertz CT molecular complexity index is 626. The van der Waals surface area contributed by atoms with Crippen LogP contribution < -0.4 is 0 Å². The average Bonchev–Trinajstić information content (AvgIpc) is 2.87. The van der Waals surface area contributed by atoms with Gasteiger partial charge in [-0.2, -0.15) is 0 Å². The Labute approximate surface area is 120 Å². The van der Waals surface area contributed by atoms with Crippen molar-refractivity contribution in [1.29, 1.82) is 0 Å². The molecule has 1 aliphatic rings. The zero-order chi connectivity index (χ0) is 14.1. The van der Waals surface area contributed by atoms with Crippen molar-refractivity contribution < 1.29 is 18.7 Å². The van der Waals surface area contributed by atoms with Crippen molar-refractivity contribution in [2.24, 2.45) is 5.92 Å². The number of hydrogen-bond acceptors (Lipinski definition) is 5. The molecule has 4 nitrogen and oxygen atoms in total. The first-order chi connectivity index (χ1) is 9.65. The highest BCUT2D eigenvalue weighted by atomic mass is 32.1. The van der Waals surface area contributed by atoms with E-state index in [1.54, 1.807) is 18.4 Å². The summed E-state index contributed by atoms with van der Waals surface area (Å²) in [6, 6.07) is 7.31. The fourth-order valence-electron chi connectivity index (χ4n) is 2.17. The predicted molar refractivity (Wildman–Crippen MR) is 73.9 cm³/mol.